The van der Waals surface area contributed by atoms with Crippen molar-refractivity contribution in [2.24, 2.45) is 11.7 Å². The quantitative estimate of drug-likeness (QED) is 0.751. The minimum atomic E-state index is -4.51. The van der Waals surface area contributed by atoms with Crippen LogP contribution in [0.2, 0.25) is 0 Å². The van der Waals surface area contributed by atoms with Crippen molar-refractivity contribution in [3.8, 4) is 0 Å². The fraction of sp³-hybridized carbons (Fsp3) is 1.00. The van der Waals surface area contributed by atoms with Gasteiger partial charge in [-0.1, -0.05) is 6.92 Å². The predicted molar refractivity (Wildman–Crippen MR) is 48.0 cm³/mol. The number of nitrogens with zero attached hydrogens (tertiary/aromatic N) is 1. The number of sulfonamides is 1. The van der Waals surface area contributed by atoms with Crippen LogP contribution in [0.3, 0.4) is 0 Å². The standard InChI is InChI=1S/C7H14F2N2O2S/c1-5-3-2-4-11(6(5)10)14(12,13)7(8)9/h5-7H,2-4,10H2,1H3. The van der Waals surface area contributed by atoms with Crippen LogP contribution in [0.25, 0.3) is 0 Å². The summed E-state index contributed by atoms with van der Waals surface area (Å²) in [7, 11) is -4.51. The van der Waals surface area contributed by atoms with Crippen LogP contribution in [0.15, 0.2) is 0 Å². The molecule has 7 heteroatoms. The van der Waals surface area contributed by atoms with Gasteiger partial charge in [0.25, 0.3) is 10.0 Å². The van der Waals surface area contributed by atoms with Gasteiger partial charge in [0.15, 0.2) is 0 Å². The van der Waals surface area contributed by atoms with Gasteiger partial charge in [0.05, 0.1) is 6.17 Å². The molecule has 1 heterocycles. The van der Waals surface area contributed by atoms with Crippen LogP contribution in [-0.2, 0) is 10.0 Å². The van der Waals surface area contributed by atoms with E-state index in [1.54, 1.807) is 6.92 Å². The Balaban J connectivity index is 2.87. The van der Waals surface area contributed by atoms with Crippen molar-refractivity contribution < 1.29 is 17.2 Å². The molecule has 0 bridgehead atoms. The molecular weight excluding hydrogens is 214 g/mol. The third-order valence-corrected chi connectivity index (χ3v) is 4.04. The maximum Gasteiger partial charge on any atom is 0.350 e. The smallest absolute Gasteiger partial charge is 0.315 e. The van der Waals surface area contributed by atoms with Gasteiger partial charge in [0.1, 0.15) is 0 Å². The third-order valence-electron chi connectivity index (χ3n) is 2.51. The van der Waals surface area contributed by atoms with E-state index in [-0.39, 0.29) is 12.5 Å². The van der Waals surface area contributed by atoms with E-state index in [0.717, 1.165) is 6.42 Å². The van der Waals surface area contributed by atoms with E-state index in [4.69, 9.17) is 5.73 Å². The lowest BCUT2D eigenvalue weighted by Crippen LogP contribution is -2.54. The maximum atomic E-state index is 12.2. The summed E-state index contributed by atoms with van der Waals surface area (Å²) in [4.78, 5) is 0. The number of piperidine rings is 1. The maximum absolute atomic E-state index is 12.2. The van der Waals surface area contributed by atoms with E-state index in [2.05, 4.69) is 0 Å². The normalized spacial score (nSPS) is 30.9. The second-order valence-electron chi connectivity index (χ2n) is 3.53. The van der Waals surface area contributed by atoms with Crippen molar-refractivity contribution in [3.63, 3.8) is 0 Å². The molecule has 0 aliphatic carbocycles. The van der Waals surface area contributed by atoms with E-state index < -0.39 is 21.9 Å². The second-order valence-corrected chi connectivity index (χ2v) is 5.38. The first kappa shape index (κ1) is 11.8. The summed E-state index contributed by atoms with van der Waals surface area (Å²) in [6.45, 7) is 1.86. The number of rotatable bonds is 2. The molecule has 1 fully saturated rings. The zero-order valence-corrected chi connectivity index (χ0v) is 8.68. The first-order valence-electron chi connectivity index (χ1n) is 4.41. The molecule has 2 unspecified atom stereocenters. The van der Waals surface area contributed by atoms with E-state index in [0.29, 0.717) is 10.7 Å². The number of halogens is 2. The van der Waals surface area contributed by atoms with Crippen LogP contribution in [0.4, 0.5) is 8.78 Å². The Morgan fingerprint density at radius 1 is 1.50 bits per heavy atom. The Kier molecular flexibility index (Phi) is 3.44. The van der Waals surface area contributed by atoms with Crippen molar-refractivity contribution in [2.75, 3.05) is 6.54 Å². The van der Waals surface area contributed by atoms with Gasteiger partial charge in [-0.3, -0.25) is 0 Å². The molecule has 0 aromatic rings. The highest BCUT2D eigenvalue weighted by molar-refractivity contribution is 7.89. The number of nitrogens with two attached hydrogens (primary N) is 1. The molecule has 84 valence electrons. The van der Waals surface area contributed by atoms with Crippen molar-refractivity contribution in [2.45, 2.75) is 31.7 Å². The van der Waals surface area contributed by atoms with Gasteiger partial charge in [-0.25, -0.2) is 8.42 Å². The van der Waals surface area contributed by atoms with Crippen LogP contribution in [0.5, 0.6) is 0 Å². The molecule has 0 saturated carbocycles. The van der Waals surface area contributed by atoms with Gasteiger partial charge in [0.2, 0.25) is 0 Å². The zero-order valence-electron chi connectivity index (χ0n) is 7.86. The first-order valence-corrected chi connectivity index (χ1v) is 5.92. The molecule has 2 N–H and O–H groups in total. The summed E-state index contributed by atoms with van der Waals surface area (Å²) in [5.41, 5.74) is 5.56. The van der Waals surface area contributed by atoms with Crippen LogP contribution in [-0.4, -0.2) is 31.2 Å². The summed E-state index contributed by atoms with van der Waals surface area (Å²) in [6.07, 6.45) is 0.541. The Morgan fingerprint density at radius 3 is 2.57 bits per heavy atom. The van der Waals surface area contributed by atoms with Crippen LogP contribution in [0, 0.1) is 5.92 Å². The summed E-state index contributed by atoms with van der Waals surface area (Å²) in [6, 6.07) is 0. The lowest BCUT2D eigenvalue weighted by atomic mass is 9.99. The molecule has 1 saturated heterocycles. The molecule has 0 spiro atoms. The van der Waals surface area contributed by atoms with Gasteiger partial charge in [0, 0.05) is 6.54 Å². The summed E-state index contributed by atoms with van der Waals surface area (Å²) in [5, 5.41) is 0. The van der Waals surface area contributed by atoms with E-state index >= 15 is 0 Å². The van der Waals surface area contributed by atoms with Gasteiger partial charge < -0.3 is 5.73 Å². The lowest BCUT2D eigenvalue weighted by Gasteiger charge is -2.35. The Labute approximate surface area is 82.1 Å². The van der Waals surface area contributed by atoms with Crippen LogP contribution < -0.4 is 5.73 Å². The Hall–Kier alpha value is -0.270. The topological polar surface area (TPSA) is 63.4 Å². The fourth-order valence-corrected chi connectivity index (χ4v) is 2.71. The average molecular weight is 228 g/mol. The molecule has 4 nitrogen and oxygen atoms in total. The molecule has 0 radical (unpaired) electrons. The number of hydrogen-bond donors (Lipinski definition) is 1. The van der Waals surface area contributed by atoms with E-state index in [9.17, 15) is 17.2 Å². The molecule has 2 atom stereocenters. The van der Waals surface area contributed by atoms with Gasteiger partial charge in [-0.15, -0.1) is 0 Å². The van der Waals surface area contributed by atoms with Gasteiger partial charge >= 0.3 is 5.76 Å². The largest absolute Gasteiger partial charge is 0.350 e. The molecule has 1 rings (SSSR count). The monoisotopic (exact) mass is 228 g/mol. The average Bonchev–Trinajstić information content (AvgIpc) is 2.09. The summed E-state index contributed by atoms with van der Waals surface area (Å²) in [5.74, 6) is -3.45. The Morgan fingerprint density at radius 2 is 2.07 bits per heavy atom. The fourth-order valence-electron chi connectivity index (χ4n) is 1.57. The molecule has 0 amide bonds. The zero-order chi connectivity index (χ0) is 10.9. The molecule has 0 aromatic heterocycles. The number of hydrogen-bond acceptors (Lipinski definition) is 3. The highest BCUT2D eigenvalue weighted by Gasteiger charge is 2.39. The molecule has 1 aliphatic heterocycles. The van der Waals surface area contributed by atoms with E-state index in [1.807, 2.05) is 0 Å². The predicted octanol–water partition coefficient (Wildman–Crippen LogP) is 0.556. The lowest BCUT2D eigenvalue weighted by molar-refractivity contribution is 0.163. The summed E-state index contributed by atoms with van der Waals surface area (Å²) < 4.78 is 47.4. The van der Waals surface area contributed by atoms with Crippen molar-refractivity contribution in [1.82, 2.24) is 4.31 Å². The van der Waals surface area contributed by atoms with Crippen molar-refractivity contribution in [1.29, 1.82) is 0 Å². The minimum absolute atomic E-state index is 0.0720. The third kappa shape index (κ3) is 2.04. The van der Waals surface area contributed by atoms with Gasteiger partial charge in [-0.05, 0) is 18.8 Å². The summed E-state index contributed by atoms with van der Waals surface area (Å²) >= 11 is 0. The van der Waals surface area contributed by atoms with Crippen molar-refractivity contribution in [3.05, 3.63) is 0 Å². The molecule has 1 aliphatic rings. The van der Waals surface area contributed by atoms with Crippen molar-refractivity contribution >= 4 is 10.0 Å². The molecular formula is C7H14F2N2O2S. The van der Waals surface area contributed by atoms with Crippen LogP contribution in [0.1, 0.15) is 19.8 Å². The highest BCUT2D eigenvalue weighted by Crippen LogP contribution is 2.25. The molecule has 14 heavy (non-hydrogen) atoms. The number of alkyl halides is 2. The first-order chi connectivity index (χ1) is 6.37. The van der Waals surface area contributed by atoms with Crippen LogP contribution >= 0.6 is 0 Å². The SMILES string of the molecule is CC1CCCN(S(=O)(=O)C(F)F)C1N. The van der Waals surface area contributed by atoms with Gasteiger partial charge in [-0.2, -0.15) is 13.1 Å². The minimum Gasteiger partial charge on any atom is -0.315 e. The molecule has 0 aromatic carbocycles. The second kappa shape index (κ2) is 4.08. The Bertz CT molecular complexity index is 294. The highest BCUT2D eigenvalue weighted by atomic mass is 32.2. The van der Waals surface area contributed by atoms with E-state index in [1.165, 1.54) is 0 Å².